The molecule has 1 N–H and O–H groups in total. The number of hydrogen-bond acceptors (Lipinski definition) is 2. The Morgan fingerprint density at radius 3 is 3.12 bits per heavy atom. The summed E-state index contributed by atoms with van der Waals surface area (Å²) >= 11 is 0. The van der Waals surface area contributed by atoms with Crippen molar-refractivity contribution >= 4 is 0 Å². The Hall–Kier alpha value is -1.51. The van der Waals surface area contributed by atoms with E-state index in [9.17, 15) is 0 Å². The third-order valence-electron chi connectivity index (χ3n) is 3.89. The van der Waals surface area contributed by atoms with Crippen LogP contribution in [0, 0.1) is 0 Å². The van der Waals surface area contributed by atoms with Crippen LogP contribution in [0.2, 0.25) is 0 Å². The molecule has 0 spiro atoms. The highest BCUT2D eigenvalue weighted by Gasteiger charge is 2.23. The number of benzene rings is 1. The Morgan fingerprint density at radius 1 is 1.29 bits per heavy atom. The monoisotopic (exact) mass is 228 g/mol. The lowest BCUT2D eigenvalue weighted by molar-refractivity contribution is 0.554. The summed E-state index contributed by atoms with van der Waals surface area (Å²) in [5.41, 5.74) is 14.3. The number of nitrogens with zero attached hydrogens (tertiary/aromatic N) is 3. The van der Waals surface area contributed by atoms with Crippen LogP contribution < -0.4 is 5.32 Å². The first-order chi connectivity index (χ1) is 8.40. The topological polar surface area (TPSA) is 60.8 Å². The number of hydrogen-bond donors (Lipinski definition) is 1. The van der Waals surface area contributed by atoms with Crippen LogP contribution >= 0.6 is 0 Å². The van der Waals surface area contributed by atoms with Crippen molar-refractivity contribution in [1.82, 2.24) is 5.32 Å². The highest BCUT2D eigenvalue weighted by atomic mass is 15.1. The zero-order chi connectivity index (χ0) is 11.7. The zero-order valence-electron chi connectivity index (χ0n) is 9.82. The molecule has 1 aliphatic carbocycles. The van der Waals surface area contributed by atoms with Crippen LogP contribution in [0.15, 0.2) is 17.2 Å². The van der Waals surface area contributed by atoms with E-state index in [1.54, 1.807) is 0 Å². The molecule has 1 aromatic rings. The molecule has 1 atom stereocenters. The summed E-state index contributed by atoms with van der Waals surface area (Å²) in [6, 6.07) is 4.43. The van der Waals surface area contributed by atoms with Gasteiger partial charge < -0.3 is 5.32 Å². The Balaban J connectivity index is 2.10. The van der Waals surface area contributed by atoms with Crippen LogP contribution in [0.1, 0.15) is 41.1 Å². The van der Waals surface area contributed by atoms with Gasteiger partial charge in [-0.25, -0.2) is 0 Å². The predicted molar refractivity (Wildman–Crippen MR) is 66.7 cm³/mol. The maximum atomic E-state index is 8.63. The van der Waals surface area contributed by atoms with E-state index >= 15 is 0 Å². The molecule has 2 aliphatic rings. The van der Waals surface area contributed by atoms with Crippen molar-refractivity contribution in [1.29, 1.82) is 0 Å². The molecule has 0 radical (unpaired) electrons. The van der Waals surface area contributed by atoms with E-state index in [-0.39, 0.29) is 6.04 Å². The highest BCUT2D eigenvalue weighted by Crippen LogP contribution is 2.36. The average molecular weight is 228 g/mol. The van der Waals surface area contributed by atoms with Gasteiger partial charge in [-0.05, 0) is 60.0 Å². The normalized spacial score (nSPS) is 22.2. The molecule has 3 rings (SSSR count). The summed E-state index contributed by atoms with van der Waals surface area (Å²) in [7, 11) is 0. The molecule has 0 amide bonds. The fraction of sp³-hybridized carbons (Fsp3) is 0.538. The molecule has 0 saturated heterocycles. The van der Waals surface area contributed by atoms with Crippen molar-refractivity contribution < 1.29 is 0 Å². The van der Waals surface area contributed by atoms with Crippen LogP contribution in [0.5, 0.6) is 0 Å². The van der Waals surface area contributed by atoms with Gasteiger partial charge in [0.1, 0.15) is 0 Å². The van der Waals surface area contributed by atoms with Gasteiger partial charge in [0.25, 0.3) is 0 Å². The van der Waals surface area contributed by atoms with Crippen LogP contribution in [0.3, 0.4) is 0 Å². The Kier molecular flexibility index (Phi) is 2.75. The minimum Gasteiger partial charge on any atom is -0.312 e. The quantitative estimate of drug-likeness (QED) is 0.448. The van der Waals surface area contributed by atoms with Crippen LogP contribution in [-0.2, 0) is 19.4 Å². The van der Waals surface area contributed by atoms with Gasteiger partial charge in [-0.15, -0.1) is 0 Å². The van der Waals surface area contributed by atoms with Crippen molar-refractivity contribution in [2.75, 3.05) is 6.54 Å². The predicted octanol–water partition coefficient (Wildman–Crippen LogP) is 3.02. The maximum absolute atomic E-state index is 8.63. The summed E-state index contributed by atoms with van der Waals surface area (Å²) in [6.45, 7) is 2.05. The van der Waals surface area contributed by atoms with E-state index in [0.717, 1.165) is 38.8 Å². The first-order valence-electron chi connectivity index (χ1n) is 6.28. The third kappa shape index (κ3) is 1.79. The first-order valence-corrected chi connectivity index (χ1v) is 6.28. The summed E-state index contributed by atoms with van der Waals surface area (Å²) in [5.74, 6) is 0. The number of azide groups is 1. The Morgan fingerprint density at radius 2 is 2.24 bits per heavy atom. The summed E-state index contributed by atoms with van der Waals surface area (Å²) in [5, 5.41) is 7.34. The number of fused-ring (bicyclic) bond motifs is 3. The molecule has 88 valence electrons. The molecule has 1 heterocycles. The van der Waals surface area contributed by atoms with E-state index in [0.29, 0.717) is 0 Å². The lowest BCUT2D eigenvalue weighted by Crippen LogP contribution is -2.26. The molecule has 4 heteroatoms. The van der Waals surface area contributed by atoms with Gasteiger partial charge >= 0.3 is 0 Å². The number of rotatable bonds is 1. The maximum Gasteiger partial charge on any atom is 0.0628 e. The van der Waals surface area contributed by atoms with Gasteiger partial charge in [0.15, 0.2) is 0 Å². The van der Waals surface area contributed by atoms with Gasteiger partial charge in [0.05, 0.1) is 6.04 Å². The van der Waals surface area contributed by atoms with E-state index < -0.39 is 0 Å². The van der Waals surface area contributed by atoms with Crippen molar-refractivity contribution in [3.05, 3.63) is 44.8 Å². The Bertz CT molecular complexity index is 488. The lowest BCUT2D eigenvalue weighted by atomic mass is 9.81. The van der Waals surface area contributed by atoms with Crippen LogP contribution in [0.25, 0.3) is 10.4 Å². The van der Waals surface area contributed by atoms with E-state index in [1.165, 1.54) is 22.3 Å². The second kappa shape index (κ2) is 4.40. The van der Waals surface area contributed by atoms with Gasteiger partial charge in [0, 0.05) is 11.5 Å². The molecule has 1 aliphatic heterocycles. The molecule has 17 heavy (non-hydrogen) atoms. The van der Waals surface area contributed by atoms with Gasteiger partial charge in [-0.1, -0.05) is 17.2 Å². The van der Waals surface area contributed by atoms with Crippen molar-refractivity contribution in [2.45, 2.75) is 38.3 Å². The molecule has 0 saturated carbocycles. The molecular weight excluding hydrogens is 212 g/mol. The fourth-order valence-electron chi connectivity index (χ4n) is 3.09. The SMILES string of the molecule is [N-]=[N+]=N[C@@H]1CCCc2c1ccc1c2CCNC1. The van der Waals surface area contributed by atoms with Crippen LogP contribution in [0.4, 0.5) is 0 Å². The second-order valence-electron chi connectivity index (χ2n) is 4.81. The standard InChI is InChI=1S/C13H16N4/c14-17-16-13-3-1-2-11-10-6-7-15-8-9(10)4-5-12(11)13/h4-5,13,15H,1-3,6-8H2/t13-/m1/s1. The van der Waals surface area contributed by atoms with Crippen molar-refractivity contribution in [3.8, 4) is 0 Å². The molecule has 0 bridgehead atoms. The molecular formula is C13H16N4. The zero-order valence-corrected chi connectivity index (χ0v) is 9.82. The summed E-state index contributed by atoms with van der Waals surface area (Å²) < 4.78 is 0. The van der Waals surface area contributed by atoms with Crippen LogP contribution in [-0.4, -0.2) is 6.54 Å². The number of nitrogens with one attached hydrogen (secondary N) is 1. The van der Waals surface area contributed by atoms with Crippen molar-refractivity contribution in [3.63, 3.8) is 0 Å². The van der Waals surface area contributed by atoms with Gasteiger partial charge in [-0.2, -0.15) is 0 Å². The second-order valence-corrected chi connectivity index (χ2v) is 4.81. The first kappa shape index (κ1) is 10.6. The summed E-state index contributed by atoms with van der Waals surface area (Å²) in [4.78, 5) is 2.98. The minimum absolute atomic E-state index is 0.0592. The molecule has 4 nitrogen and oxygen atoms in total. The molecule has 0 aromatic heterocycles. The van der Waals surface area contributed by atoms with Crippen molar-refractivity contribution in [2.24, 2.45) is 5.11 Å². The summed E-state index contributed by atoms with van der Waals surface area (Å²) in [6.07, 6.45) is 4.39. The molecule has 0 fully saturated rings. The smallest absolute Gasteiger partial charge is 0.0628 e. The van der Waals surface area contributed by atoms with Gasteiger partial charge in [-0.3, -0.25) is 0 Å². The van der Waals surface area contributed by atoms with E-state index in [1.807, 2.05) is 0 Å². The molecule has 0 unspecified atom stereocenters. The van der Waals surface area contributed by atoms with Gasteiger partial charge in [0.2, 0.25) is 0 Å². The average Bonchev–Trinajstić information content (AvgIpc) is 2.39. The Labute approximate surface area is 101 Å². The lowest BCUT2D eigenvalue weighted by Gasteiger charge is -2.28. The fourth-order valence-corrected chi connectivity index (χ4v) is 3.09. The largest absolute Gasteiger partial charge is 0.312 e. The highest BCUT2D eigenvalue weighted by molar-refractivity contribution is 5.45. The minimum atomic E-state index is 0.0592. The molecule has 1 aromatic carbocycles. The third-order valence-corrected chi connectivity index (χ3v) is 3.89. The van der Waals surface area contributed by atoms with E-state index in [4.69, 9.17) is 5.53 Å². The van der Waals surface area contributed by atoms with E-state index in [2.05, 4.69) is 27.5 Å².